The Morgan fingerprint density at radius 3 is 2.35 bits per heavy atom. The average molecular weight is 424 g/mol. The molecular weight excluding hydrogens is 398 g/mol. The molecule has 5 nitrogen and oxygen atoms in total. The standard InChI is InChI=1S/C15H26BrNO4SSi/c1-15(2,3)23(5,6)20-10-9-14(21-22(4,18)19)13-8-7-12(16)11-17-13/h7-8,11,14H,9-10H2,1-6H3. The fourth-order valence-corrected chi connectivity index (χ4v) is 3.58. The molecule has 132 valence electrons. The Kier molecular flexibility index (Phi) is 6.98. The topological polar surface area (TPSA) is 65.5 Å². The quantitative estimate of drug-likeness (QED) is 0.483. The first-order valence-electron chi connectivity index (χ1n) is 7.45. The molecule has 0 amide bonds. The van der Waals surface area contributed by atoms with E-state index in [1.165, 1.54) is 0 Å². The van der Waals surface area contributed by atoms with Crippen LogP contribution in [0.4, 0.5) is 0 Å². The summed E-state index contributed by atoms with van der Waals surface area (Å²) >= 11 is 3.32. The van der Waals surface area contributed by atoms with Crippen LogP contribution in [0.25, 0.3) is 0 Å². The molecule has 8 heteroatoms. The van der Waals surface area contributed by atoms with Crippen LogP contribution in [-0.4, -0.2) is 34.6 Å². The first kappa shape index (κ1) is 20.8. The molecule has 1 aromatic heterocycles. The Hall–Kier alpha value is -0.283. The summed E-state index contributed by atoms with van der Waals surface area (Å²) in [7, 11) is -5.45. The van der Waals surface area contributed by atoms with Gasteiger partial charge in [0.25, 0.3) is 10.1 Å². The van der Waals surface area contributed by atoms with Crippen molar-refractivity contribution in [1.82, 2.24) is 4.98 Å². The zero-order chi connectivity index (χ0) is 17.9. The Morgan fingerprint density at radius 2 is 1.91 bits per heavy atom. The molecule has 0 aliphatic rings. The Morgan fingerprint density at radius 1 is 1.30 bits per heavy atom. The summed E-state index contributed by atoms with van der Waals surface area (Å²) in [4.78, 5) is 4.25. The summed E-state index contributed by atoms with van der Waals surface area (Å²) in [6.45, 7) is 11.3. The molecule has 1 atom stereocenters. The predicted molar refractivity (Wildman–Crippen MR) is 98.4 cm³/mol. The lowest BCUT2D eigenvalue weighted by atomic mass is 10.2. The fourth-order valence-electron chi connectivity index (χ4n) is 1.67. The zero-order valence-electron chi connectivity index (χ0n) is 14.6. The minimum atomic E-state index is -3.57. The highest BCUT2D eigenvalue weighted by atomic mass is 79.9. The average Bonchev–Trinajstić information content (AvgIpc) is 2.35. The number of nitrogens with zero attached hydrogens (tertiary/aromatic N) is 1. The molecule has 1 unspecified atom stereocenters. The van der Waals surface area contributed by atoms with Crippen LogP contribution in [0.3, 0.4) is 0 Å². The second-order valence-electron chi connectivity index (χ2n) is 7.09. The maximum Gasteiger partial charge on any atom is 0.265 e. The van der Waals surface area contributed by atoms with Gasteiger partial charge >= 0.3 is 0 Å². The van der Waals surface area contributed by atoms with Crippen molar-refractivity contribution in [2.24, 2.45) is 0 Å². The van der Waals surface area contributed by atoms with Crippen LogP contribution in [0.15, 0.2) is 22.8 Å². The van der Waals surface area contributed by atoms with Gasteiger partial charge in [-0.3, -0.25) is 9.17 Å². The van der Waals surface area contributed by atoms with Crippen LogP contribution in [0.2, 0.25) is 18.1 Å². The fraction of sp³-hybridized carbons (Fsp3) is 0.667. The molecule has 0 saturated heterocycles. The number of aromatic nitrogens is 1. The summed E-state index contributed by atoms with van der Waals surface area (Å²) < 4.78 is 35.2. The lowest BCUT2D eigenvalue weighted by Crippen LogP contribution is -2.41. The van der Waals surface area contributed by atoms with E-state index >= 15 is 0 Å². The highest BCUT2D eigenvalue weighted by Gasteiger charge is 2.37. The molecule has 1 aromatic rings. The van der Waals surface area contributed by atoms with Crippen molar-refractivity contribution >= 4 is 34.4 Å². The number of hydrogen-bond donors (Lipinski definition) is 0. The van der Waals surface area contributed by atoms with E-state index in [0.717, 1.165) is 10.7 Å². The van der Waals surface area contributed by atoms with Gasteiger partial charge in [0.1, 0.15) is 6.10 Å². The van der Waals surface area contributed by atoms with Crippen molar-refractivity contribution < 1.29 is 17.0 Å². The largest absolute Gasteiger partial charge is 0.417 e. The van der Waals surface area contributed by atoms with Gasteiger partial charge in [-0.15, -0.1) is 0 Å². The van der Waals surface area contributed by atoms with Crippen LogP contribution in [-0.2, 0) is 18.7 Å². The molecule has 1 heterocycles. The van der Waals surface area contributed by atoms with Gasteiger partial charge in [0.05, 0.1) is 11.9 Å². The van der Waals surface area contributed by atoms with Gasteiger partial charge in [-0.25, -0.2) is 0 Å². The molecule has 1 rings (SSSR count). The van der Waals surface area contributed by atoms with Gasteiger partial charge in [0.2, 0.25) is 0 Å². The van der Waals surface area contributed by atoms with Crippen LogP contribution < -0.4 is 0 Å². The normalized spacial score (nSPS) is 14.7. The maximum atomic E-state index is 11.5. The molecular formula is C15H26BrNO4SSi. The van der Waals surface area contributed by atoms with Crippen molar-refractivity contribution in [2.75, 3.05) is 12.9 Å². The first-order valence-corrected chi connectivity index (χ1v) is 13.0. The van der Waals surface area contributed by atoms with Crippen molar-refractivity contribution in [3.63, 3.8) is 0 Å². The Bertz CT molecular complexity index is 611. The van der Waals surface area contributed by atoms with E-state index in [-0.39, 0.29) is 5.04 Å². The lowest BCUT2D eigenvalue weighted by Gasteiger charge is -2.36. The SMILES string of the molecule is CC(C)(C)[Si](C)(C)OCCC(OS(C)(=O)=O)c1ccc(Br)cn1. The summed E-state index contributed by atoms with van der Waals surface area (Å²) in [5, 5.41) is 0.107. The summed E-state index contributed by atoms with van der Waals surface area (Å²) in [6, 6.07) is 3.57. The van der Waals surface area contributed by atoms with E-state index in [1.807, 2.05) is 6.07 Å². The zero-order valence-corrected chi connectivity index (χ0v) is 18.0. The highest BCUT2D eigenvalue weighted by Crippen LogP contribution is 2.37. The van der Waals surface area contributed by atoms with E-state index in [1.54, 1.807) is 12.3 Å². The number of halogens is 1. The number of rotatable bonds is 7. The number of hydrogen-bond acceptors (Lipinski definition) is 5. The van der Waals surface area contributed by atoms with Gasteiger partial charge in [-0.1, -0.05) is 20.8 Å². The Labute approximate surface area is 149 Å². The van der Waals surface area contributed by atoms with Gasteiger partial charge < -0.3 is 4.43 Å². The minimum absolute atomic E-state index is 0.107. The monoisotopic (exact) mass is 423 g/mol. The lowest BCUT2D eigenvalue weighted by molar-refractivity contribution is 0.162. The molecule has 0 N–H and O–H groups in total. The third kappa shape index (κ3) is 7.00. The van der Waals surface area contributed by atoms with Crippen LogP contribution in [0, 0.1) is 0 Å². The maximum absolute atomic E-state index is 11.5. The molecule has 0 spiro atoms. The van der Waals surface area contributed by atoms with E-state index in [0.29, 0.717) is 18.7 Å². The van der Waals surface area contributed by atoms with E-state index in [4.69, 9.17) is 8.61 Å². The van der Waals surface area contributed by atoms with Crippen LogP contribution in [0.5, 0.6) is 0 Å². The van der Waals surface area contributed by atoms with E-state index < -0.39 is 24.5 Å². The molecule has 0 aromatic carbocycles. The summed E-state index contributed by atoms with van der Waals surface area (Å²) in [5.41, 5.74) is 0.581. The number of pyridine rings is 1. The molecule has 0 fully saturated rings. The van der Waals surface area contributed by atoms with Crippen molar-refractivity contribution in [3.8, 4) is 0 Å². The van der Waals surface area contributed by atoms with Crippen molar-refractivity contribution in [1.29, 1.82) is 0 Å². The second-order valence-corrected chi connectivity index (χ2v) is 14.4. The first-order chi connectivity index (χ1) is 10.3. The van der Waals surface area contributed by atoms with Gasteiger partial charge in [0, 0.05) is 23.7 Å². The molecule has 0 saturated carbocycles. The van der Waals surface area contributed by atoms with E-state index in [9.17, 15) is 8.42 Å². The summed E-state index contributed by atoms with van der Waals surface area (Å²) in [5.74, 6) is 0. The predicted octanol–water partition coefficient (Wildman–Crippen LogP) is 4.27. The third-order valence-corrected chi connectivity index (χ3v) is 9.61. The van der Waals surface area contributed by atoms with Gasteiger partial charge in [-0.2, -0.15) is 8.42 Å². The molecule has 0 radical (unpaired) electrons. The van der Waals surface area contributed by atoms with Gasteiger partial charge in [-0.05, 0) is 46.2 Å². The highest BCUT2D eigenvalue weighted by molar-refractivity contribution is 9.10. The molecule has 0 bridgehead atoms. The van der Waals surface area contributed by atoms with Crippen LogP contribution >= 0.6 is 15.9 Å². The van der Waals surface area contributed by atoms with Crippen molar-refractivity contribution in [3.05, 3.63) is 28.5 Å². The van der Waals surface area contributed by atoms with Crippen LogP contribution in [0.1, 0.15) is 39.0 Å². The molecule has 0 aliphatic heterocycles. The van der Waals surface area contributed by atoms with E-state index in [2.05, 4.69) is 54.8 Å². The summed E-state index contributed by atoms with van der Waals surface area (Å²) in [6.07, 6.45) is 2.48. The third-order valence-electron chi connectivity index (χ3n) is 4.02. The molecule has 23 heavy (non-hydrogen) atoms. The smallest absolute Gasteiger partial charge is 0.265 e. The Balaban J connectivity index is 2.81. The molecule has 0 aliphatic carbocycles. The second kappa shape index (κ2) is 7.73. The van der Waals surface area contributed by atoms with Gasteiger partial charge in [0.15, 0.2) is 8.32 Å². The van der Waals surface area contributed by atoms with Crippen molar-refractivity contribution in [2.45, 2.75) is 51.4 Å². The minimum Gasteiger partial charge on any atom is -0.417 e.